The minimum absolute atomic E-state index is 0.100. The second-order valence-electron chi connectivity index (χ2n) is 5.33. The van der Waals surface area contributed by atoms with Crippen molar-refractivity contribution in [2.45, 2.75) is 13.5 Å². The van der Waals surface area contributed by atoms with Gasteiger partial charge in [-0.05, 0) is 36.8 Å². The van der Waals surface area contributed by atoms with Crippen LogP contribution < -0.4 is 9.47 Å². The molecule has 0 spiro atoms. The molecule has 2 aromatic carbocycles. The average Bonchev–Trinajstić information content (AvgIpc) is 2.54. The van der Waals surface area contributed by atoms with Crippen molar-refractivity contribution in [3.8, 4) is 11.5 Å². The number of hydrogen-bond acceptors (Lipinski definition) is 4. The van der Waals surface area contributed by atoms with Gasteiger partial charge < -0.3 is 14.6 Å². The SMILES string of the molecule is Cc1cc(OCc2c(F)cccc2F)c2nccc(OC(=O)O)c2c1. The highest BCUT2D eigenvalue weighted by Crippen LogP contribution is 2.32. The molecule has 1 heterocycles. The molecule has 0 radical (unpaired) electrons. The van der Waals surface area contributed by atoms with Crippen molar-refractivity contribution in [1.82, 2.24) is 4.98 Å². The lowest BCUT2D eigenvalue weighted by atomic mass is 10.1. The summed E-state index contributed by atoms with van der Waals surface area (Å²) in [5.41, 5.74) is 0.885. The number of benzene rings is 2. The summed E-state index contributed by atoms with van der Waals surface area (Å²) in [4.78, 5) is 15.0. The molecule has 3 aromatic rings. The Labute approximate surface area is 141 Å². The summed E-state index contributed by atoms with van der Waals surface area (Å²) >= 11 is 0. The predicted molar refractivity (Wildman–Crippen MR) is 85.8 cm³/mol. The van der Waals surface area contributed by atoms with Gasteiger partial charge in [0, 0.05) is 17.6 Å². The van der Waals surface area contributed by atoms with E-state index >= 15 is 0 Å². The molecule has 7 heteroatoms. The van der Waals surface area contributed by atoms with Crippen molar-refractivity contribution in [2.75, 3.05) is 0 Å². The van der Waals surface area contributed by atoms with Crippen LogP contribution in [-0.4, -0.2) is 16.2 Å². The molecule has 0 fully saturated rings. The first-order valence-corrected chi connectivity index (χ1v) is 7.31. The molecule has 1 aromatic heterocycles. The lowest BCUT2D eigenvalue weighted by Gasteiger charge is -2.12. The van der Waals surface area contributed by atoms with Gasteiger partial charge in [0.2, 0.25) is 0 Å². The van der Waals surface area contributed by atoms with Crippen LogP contribution >= 0.6 is 0 Å². The summed E-state index contributed by atoms with van der Waals surface area (Å²) in [5, 5.41) is 9.25. The summed E-state index contributed by atoms with van der Waals surface area (Å²) in [7, 11) is 0. The minimum Gasteiger partial charge on any atom is -0.486 e. The van der Waals surface area contributed by atoms with Gasteiger partial charge >= 0.3 is 6.16 Å². The van der Waals surface area contributed by atoms with E-state index in [0.717, 1.165) is 17.7 Å². The number of carboxylic acid groups (broad SMARTS) is 1. The van der Waals surface area contributed by atoms with Crippen molar-refractivity contribution in [1.29, 1.82) is 0 Å². The molecule has 0 aliphatic rings. The van der Waals surface area contributed by atoms with E-state index in [1.165, 1.54) is 18.3 Å². The fourth-order valence-electron chi connectivity index (χ4n) is 2.45. The van der Waals surface area contributed by atoms with Gasteiger partial charge in [-0.2, -0.15) is 0 Å². The van der Waals surface area contributed by atoms with Crippen LogP contribution in [0.1, 0.15) is 11.1 Å². The second kappa shape index (κ2) is 6.72. The number of hydrogen-bond donors (Lipinski definition) is 1. The zero-order valence-corrected chi connectivity index (χ0v) is 13.1. The molecule has 0 saturated carbocycles. The van der Waals surface area contributed by atoms with E-state index in [1.54, 1.807) is 19.1 Å². The van der Waals surface area contributed by atoms with Crippen molar-refractivity contribution in [3.05, 3.63) is 65.4 Å². The Bertz CT molecular complexity index is 939. The van der Waals surface area contributed by atoms with E-state index in [2.05, 4.69) is 4.98 Å². The van der Waals surface area contributed by atoms with Gasteiger partial charge in [-0.15, -0.1) is 0 Å². The van der Waals surface area contributed by atoms with Crippen molar-refractivity contribution in [3.63, 3.8) is 0 Å². The topological polar surface area (TPSA) is 68.7 Å². The van der Waals surface area contributed by atoms with Gasteiger partial charge in [0.1, 0.15) is 35.3 Å². The van der Waals surface area contributed by atoms with E-state index in [9.17, 15) is 13.6 Å². The molecule has 1 N–H and O–H groups in total. The molecular formula is C18H13F2NO4. The molecule has 0 unspecified atom stereocenters. The molecule has 3 rings (SSSR count). The number of pyridine rings is 1. The molecule has 0 bridgehead atoms. The van der Waals surface area contributed by atoms with Crippen LogP contribution in [0.15, 0.2) is 42.6 Å². The maximum absolute atomic E-state index is 13.7. The highest BCUT2D eigenvalue weighted by atomic mass is 19.1. The molecule has 0 aliphatic heterocycles. The van der Waals surface area contributed by atoms with Crippen LogP contribution in [0.2, 0.25) is 0 Å². The number of nitrogens with zero attached hydrogens (tertiary/aromatic N) is 1. The minimum atomic E-state index is -1.45. The fourth-order valence-corrected chi connectivity index (χ4v) is 2.45. The first kappa shape index (κ1) is 16.6. The Hall–Kier alpha value is -3.22. The largest absolute Gasteiger partial charge is 0.511 e. The van der Waals surface area contributed by atoms with Crippen LogP contribution in [0.5, 0.6) is 11.5 Å². The highest BCUT2D eigenvalue weighted by molar-refractivity contribution is 5.91. The van der Waals surface area contributed by atoms with Crippen molar-refractivity contribution < 1.29 is 28.2 Å². The summed E-state index contributed by atoms with van der Waals surface area (Å²) in [6.07, 6.45) is -0.0863. The third-order valence-electron chi connectivity index (χ3n) is 3.55. The Morgan fingerprint density at radius 2 is 1.88 bits per heavy atom. The Morgan fingerprint density at radius 1 is 1.16 bits per heavy atom. The first-order chi connectivity index (χ1) is 12.0. The second-order valence-corrected chi connectivity index (χ2v) is 5.33. The van der Waals surface area contributed by atoms with Gasteiger partial charge in [-0.1, -0.05) is 6.07 Å². The summed E-state index contributed by atoms with van der Waals surface area (Å²) in [5.74, 6) is -1.05. The third-order valence-corrected chi connectivity index (χ3v) is 3.55. The van der Waals surface area contributed by atoms with Crippen LogP contribution in [0.3, 0.4) is 0 Å². The normalized spacial score (nSPS) is 10.7. The molecule has 25 heavy (non-hydrogen) atoms. The molecule has 0 amide bonds. The molecule has 128 valence electrons. The standard InChI is InChI=1S/C18H13F2NO4/c1-10-7-11-15(25-18(22)23)5-6-21-17(11)16(8-10)24-9-12-13(19)3-2-4-14(12)20/h2-8H,9H2,1H3,(H,22,23). The van der Waals surface area contributed by atoms with Crippen LogP contribution in [0.25, 0.3) is 10.9 Å². The van der Waals surface area contributed by atoms with E-state index in [0.29, 0.717) is 10.9 Å². The van der Waals surface area contributed by atoms with E-state index < -0.39 is 17.8 Å². The third kappa shape index (κ3) is 3.50. The van der Waals surface area contributed by atoms with E-state index in [1.807, 2.05) is 0 Å². The Morgan fingerprint density at radius 3 is 2.56 bits per heavy atom. The molecular weight excluding hydrogens is 332 g/mol. The fraction of sp³-hybridized carbons (Fsp3) is 0.111. The number of aryl methyl sites for hydroxylation is 1. The van der Waals surface area contributed by atoms with Crippen molar-refractivity contribution >= 4 is 17.1 Å². The number of rotatable bonds is 4. The number of ether oxygens (including phenoxy) is 2. The molecule has 0 atom stereocenters. The van der Waals surface area contributed by atoms with E-state index in [4.69, 9.17) is 14.6 Å². The van der Waals surface area contributed by atoms with E-state index in [-0.39, 0.29) is 23.7 Å². The maximum atomic E-state index is 13.7. The predicted octanol–water partition coefficient (Wildman–Crippen LogP) is 4.46. The Balaban J connectivity index is 2.00. The molecule has 5 nitrogen and oxygen atoms in total. The average molecular weight is 345 g/mol. The first-order valence-electron chi connectivity index (χ1n) is 7.31. The lowest BCUT2D eigenvalue weighted by Crippen LogP contribution is -2.05. The summed E-state index contributed by atoms with van der Waals surface area (Å²) < 4.78 is 37.8. The smallest absolute Gasteiger partial charge is 0.486 e. The van der Waals surface area contributed by atoms with Crippen LogP contribution in [0.4, 0.5) is 13.6 Å². The quantitative estimate of drug-likeness (QED) is 0.707. The zero-order chi connectivity index (χ0) is 18.0. The van der Waals surface area contributed by atoms with Gasteiger partial charge in [-0.25, -0.2) is 13.6 Å². The highest BCUT2D eigenvalue weighted by Gasteiger charge is 2.14. The number of halogens is 2. The maximum Gasteiger partial charge on any atom is 0.511 e. The van der Waals surface area contributed by atoms with Gasteiger partial charge in [0.25, 0.3) is 0 Å². The lowest BCUT2D eigenvalue weighted by molar-refractivity contribution is 0.145. The number of fused-ring (bicyclic) bond motifs is 1. The van der Waals surface area contributed by atoms with Gasteiger partial charge in [0.05, 0.1) is 5.56 Å². The zero-order valence-electron chi connectivity index (χ0n) is 13.1. The van der Waals surface area contributed by atoms with Crippen molar-refractivity contribution in [2.24, 2.45) is 0 Å². The van der Waals surface area contributed by atoms with Crippen LogP contribution in [-0.2, 0) is 6.61 Å². The van der Waals surface area contributed by atoms with Gasteiger partial charge in [-0.3, -0.25) is 4.98 Å². The summed E-state index contributed by atoms with van der Waals surface area (Å²) in [6, 6.07) is 8.32. The molecule has 0 saturated heterocycles. The number of aromatic nitrogens is 1. The summed E-state index contributed by atoms with van der Waals surface area (Å²) in [6.45, 7) is 1.44. The monoisotopic (exact) mass is 345 g/mol. The number of carbonyl (C=O) groups is 1. The van der Waals surface area contributed by atoms with Gasteiger partial charge in [0.15, 0.2) is 0 Å². The Kier molecular flexibility index (Phi) is 4.47. The van der Waals surface area contributed by atoms with Crippen LogP contribution in [0, 0.1) is 18.6 Å². The molecule has 0 aliphatic carbocycles.